The summed E-state index contributed by atoms with van der Waals surface area (Å²) in [5, 5.41) is 5.49. The third-order valence-electron chi connectivity index (χ3n) is 3.41. The van der Waals surface area contributed by atoms with Gasteiger partial charge in [0.15, 0.2) is 0 Å². The highest BCUT2D eigenvalue weighted by Crippen LogP contribution is 2.22. The van der Waals surface area contributed by atoms with Crippen molar-refractivity contribution in [2.45, 2.75) is 27.2 Å². The number of rotatable bonds is 6. The Balaban J connectivity index is 1.67. The molecule has 1 aromatic carbocycles. The van der Waals surface area contributed by atoms with Crippen LogP contribution in [0.1, 0.15) is 23.1 Å². The van der Waals surface area contributed by atoms with Gasteiger partial charge in [0, 0.05) is 12.7 Å². The van der Waals surface area contributed by atoms with E-state index < -0.39 is 0 Å². The van der Waals surface area contributed by atoms with Crippen molar-refractivity contribution >= 4 is 11.8 Å². The summed E-state index contributed by atoms with van der Waals surface area (Å²) in [6.45, 7) is 7.12. The summed E-state index contributed by atoms with van der Waals surface area (Å²) in [5.41, 5.74) is 3.31. The van der Waals surface area contributed by atoms with E-state index in [1.807, 2.05) is 45.0 Å². The van der Waals surface area contributed by atoms with E-state index in [4.69, 9.17) is 4.74 Å². The summed E-state index contributed by atoms with van der Waals surface area (Å²) in [6.07, 6.45) is 2.45. The lowest BCUT2D eigenvalue weighted by Gasteiger charge is -2.12. The highest BCUT2D eigenvalue weighted by Gasteiger charge is 2.04. The predicted octanol–water partition coefficient (Wildman–Crippen LogP) is 3.60. The van der Waals surface area contributed by atoms with Gasteiger partial charge in [-0.25, -0.2) is 9.78 Å². The van der Waals surface area contributed by atoms with Crippen LogP contribution in [0, 0.1) is 20.8 Å². The topological polar surface area (TPSA) is 63.2 Å². The molecule has 0 aliphatic rings. The number of hydrogen-bond donors (Lipinski definition) is 2. The number of aryl methyl sites for hydroxylation is 3. The second kappa shape index (κ2) is 8.17. The van der Waals surface area contributed by atoms with Gasteiger partial charge in [-0.15, -0.1) is 0 Å². The molecule has 0 atom stereocenters. The maximum Gasteiger partial charge on any atom is 0.320 e. The van der Waals surface area contributed by atoms with E-state index in [1.54, 1.807) is 12.3 Å². The average Bonchev–Trinajstić information content (AvgIpc) is 2.52. The molecule has 2 N–H and O–H groups in total. The predicted molar refractivity (Wildman–Crippen MR) is 92.0 cm³/mol. The Bertz CT molecular complexity index is 634. The van der Waals surface area contributed by atoms with Crippen LogP contribution in [0.3, 0.4) is 0 Å². The fourth-order valence-electron chi connectivity index (χ4n) is 2.18. The quantitative estimate of drug-likeness (QED) is 0.801. The minimum atomic E-state index is -0.256. The van der Waals surface area contributed by atoms with E-state index in [0.29, 0.717) is 19.0 Å². The molecule has 2 amide bonds. The first-order chi connectivity index (χ1) is 11.1. The van der Waals surface area contributed by atoms with Gasteiger partial charge in [0.25, 0.3) is 0 Å². The van der Waals surface area contributed by atoms with Crippen LogP contribution in [0.15, 0.2) is 36.5 Å². The number of benzene rings is 1. The van der Waals surface area contributed by atoms with Crippen LogP contribution in [0.4, 0.5) is 10.6 Å². The number of hydrogen-bond acceptors (Lipinski definition) is 3. The highest BCUT2D eigenvalue weighted by molar-refractivity contribution is 5.88. The first kappa shape index (κ1) is 16.8. The summed E-state index contributed by atoms with van der Waals surface area (Å²) in [6, 6.07) is 9.50. The largest absolute Gasteiger partial charge is 0.493 e. The first-order valence-corrected chi connectivity index (χ1v) is 7.73. The molecule has 5 nitrogen and oxygen atoms in total. The van der Waals surface area contributed by atoms with E-state index in [0.717, 1.165) is 28.9 Å². The Morgan fingerprint density at radius 1 is 1.13 bits per heavy atom. The molecule has 0 bridgehead atoms. The number of urea groups is 1. The van der Waals surface area contributed by atoms with Gasteiger partial charge in [-0.1, -0.05) is 24.3 Å². The van der Waals surface area contributed by atoms with Gasteiger partial charge in [-0.3, -0.25) is 5.32 Å². The molecule has 0 fully saturated rings. The molecule has 5 heteroatoms. The zero-order valence-corrected chi connectivity index (χ0v) is 13.8. The third-order valence-corrected chi connectivity index (χ3v) is 3.41. The van der Waals surface area contributed by atoms with Gasteiger partial charge >= 0.3 is 6.03 Å². The fraction of sp³-hybridized carbons (Fsp3) is 0.333. The molecule has 0 aliphatic carbocycles. The fourth-order valence-corrected chi connectivity index (χ4v) is 2.18. The lowest BCUT2D eigenvalue weighted by Crippen LogP contribution is -2.30. The molecule has 0 aliphatic heterocycles. The van der Waals surface area contributed by atoms with Crippen molar-refractivity contribution in [3.63, 3.8) is 0 Å². The first-order valence-electron chi connectivity index (χ1n) is 7.73. The number of pyridine rings is 1. The van der Waals surface area contributed by atoms with Crippen molar-refractivity contribution < 1.29 is 9.53 Å². The molecule has 0 unspecified atom stereocenters. The minimum Gasteiger partial charge on any atom is -0.493 e. The van der Waals surface area contributed by atoms with Crippen molar-refractivity contribution in [3.8, 4) is 5.75 Å². The van der Waals surface area contributed by atoms with Crippen molar-refractivity contribution in [1.82, 2.24) is 10.3 Å². The molecule has 1 heterocycles. The molecular weight excluding hydrogens is 290 g/mol. The van der Waals surface area contributed by atoms with Crippen LogP contribution >= 0.6 is 0 Å². The van der Waals surface area contributed by atoms with Crippen LogP contribution in [0.2, 0.25) is 0 Å². The van der Waals surface area contributed by atoms with Crippen LogP contribution in [-0.2, 0) is 0 Å². The molecule has 23 heavy (non-hydrogen) atoms. The monoisotopic (exact) mass is 313 g/mol. The lowest BCUT2D eigenvalue weighted by molar-refractivity contribution is 0.250. The summed E-state index contributed by atoms with van der Waals surface area (Å²) in [5.74, 6) is 1.47. The maximum absolute atomic E-state index is 11.7. The van der Waals surface area contributed by atoms with E-state index in [2.05, 4.69) is 15.6 Å². The lowest BCUT2D eigenvalue weighted by atomic mass is 10.1. The second-order valence-electron chi connectivity index (χ2n) is 5.52. The van der Waals surface area contributed by atoms with Gasteiger partial charge < -0.3 is 10.1 Å². The highest BCUT2D eigenvalue weighted by atomic mass is 16.5. The van der Waals surface area contributed by atoms with Gasteiger partial charge in [0.2, 0.25) is 0 Å². The maximum atomic E-state index is 11.7. The molecular formula is C18H23N3O2. The van der Waals surface area contributed by atoms with Crippen LogP contribution in [-0.4, -0.2) is 24.2 Å². The number of carbonyl (C=O) groups excluding carboxylic acids is 1. The molecule has 0 spiro atoms. The van der Waals surface area contributed by atoms with E-state index in [-0.39, 0.29) is 6.03 Å². The molecule has 1 aromatic heterocycles. The third kappa shape index (κ3) is 5.29. The molecule has 0 saturated heterocycles. The number of nitrogens with one attached hydrogen (secondary N) is 2. The number of amides is 2. The minimum absolute atomic E-state index is 0.256. The second-order valence-corrected chi connectivity index (χ2v) is 5.52. The molecule has 2 aromatic rings. The Hall–Kier alpha value is -2.56. The number of anilines is 1. The zero-order valence-electron chi connectivity index (χ0n) is 13.8. The van der Waals surface area contributed by atoms with E-state index in [9.17, 15) is 4.79 Å². The van der Waals surface area contributed by atoms with Crippen molar-refractivity contribution in [1.29, 1.82) is 0 Å². The molecule has 0 saturated carbocycles. The van der Waals surface area contributed by atoms with E-state index >= 15 is 0 Å². The summed E-state index contributed by atoms with van der Waals surface area (Å²) in [7, 11) is 0. The number of carbonyl (C=O) groups is 1. The molecule has 122 valence electrons. The number of para-hydroxylation sites is 1. The van der Waals surface area contributed by atoms with E-state index in [1.165, 1.54) is 0 Å². The van der Waals surface area contributed by atoms with Gasteiger partial charge in [0.05, 0.1) is 6.61 Å². The zero-order chi connectivity index (χ0) is 16.7. The van der Waals surface area contributed by atoms with Crippen LogP contribution < -0.4 is 15.4 Å². The van der Waals surface area contributed by atoms with Crippen LogP contribution in [0.25, 0.3) is 0 Å². The molecule has 2 rings (SSSR count). The normalized spacial score (nSPS) is 10.2. The summed E-state index contributed by atoms with van der Waals surface area (Å²) >= 11 is 0. The van der Waals surface area contributed by atoms with Crippen molar-refractivity contribution in [2.24, 2.45) is 0 Å². The number of ether oxygens (including phenoxy) is 1. The summed E-state index contributed by atoms with van der Waals surface area (Å²) in [4.78, 5) is 15.9. The smallest absolute Gasteiger partial charge is 0.320 e. The van der Waals surface area contributed by atoms with Crippen molar-refractivity contribution in [3.05, 3.63) is 53.2 Å². The molecule has 0 radical (unpaired) electrons. The standard InChI is InChI=1S/C18H23N3O2/c1-13-8-9-16(20-12-13)21-18(22)19-10-5-11-23-17-14(2)6-4-7-15(17)3/h4,6-9,12H,5,10-11H2,1-3H3,(H2,19,20,21,22). The van der Waals surface area contributed by atoms with Gasteiger partial charge in [-0.05, 0) is 49.9 Å². The van der Waals surface area contributed by atoms with Crippen molar-refractivity contribution in [2.75, 3.05) is 18.5 Å². The Labute approximate surface area is 137 Å². The SMILES string of the molecule is Cc1ccc(NC(=O)NCCCOc2c(C)cccc2C)nc1. The Kier molecular flexibility index (Phi) is 5.97. The average molecular weight is 313 g/mol. The Morgan fingerprint density at radius 3 is 2.52 bits per heavy atom. The van der Waals surface area contributed by atoms with Crippen LogP contribution in [0.5, 0.6) is 5.75 Å². The summed E-state index contributed by atoms with van der Waals surface area (Å²) < 4.78 is 5.80. The number of nitrogens with zero attached hydrogens (tertiary/aromatic N) is 1. The van der Waals surface area contributed by atoms with Gasteiger partial charge in [0.1, 0.15) is 11.6 Å². The van der Waals surface area contributed by atoms with Gasteiger partial charge in [-0.2, -0.15) is 0 Å². The Morgan fingerprint density at radius 2 is 1.87 bits per heavy atom. The number of aromatic nitrogens is 1.